The molecule has 0 aliphatic carbocycles. The highest BCUT2D eigenvalue weighted by molar-refractivity contribution is 4.80. The second-order valence-corrected chi connectivity index (χ2v) is 5.18. The molecular formula is C12H26N2O2. The first-order valence-electron chi connectivity index (χ1n) is 6.22. The Labute approximate surface area is 98.8 Å². The van der Waals surface area contributed by atoms with Gasteiger partial charge in [-0.1, -0.05) is 0 Å². The number of methoxy groups -OCH3 is 1. The molecule has 1 aliphatic heterocycles. The van der Waals surface area contributed by atoms with Gasteiger partial charge >= 0.3 is 0 Å². The van der Waals surface area contributed by atoms with Crippen LogP contribution < -0.4 is 11.3 Å². The van der Waals surface area contributed by atoms with Gasteiger partial charge in [0, 0.05) is 19.8 Å². The van der Waals surface area contributed by atoms with Crippen LogP contribution >= 0.6 is 0 Å². The van der Waals surface area contributed by atoms with Gasteiger partial charge in [0.15, 0.2) is 0 Å². The van der Waals surface area contributed by atoms with E-state index >= 15 is 0 Å². The topological polar surface area (TPSA) is 56.5 Å². The van der Waals surface area contributed by atoms with Gasteiger partial charge in [-0.3, -0.25) is 11.3 Å². The van der Waals surface area contributed by atoms with E-state index in [2.05, 4.69) is 19.3 Å². The molecule has 4 heteroatoms. The predicted molar refractivity (Wildman–Crippen MR) is 65.0 cm³/mol. The predicted octanol–water partition coefficient (Wildman–Crippen LogP) is 1.59. The Morgan fingerprint density at radius 3 is 2.75 bits per heavy atom. The molecule has 2 atom stereocenters. The molecule has 1 aliphatic rings. The summed E-state index contributed by atoms with van der Waals surface area (Å²) < 4.78 is 11.2. The lowest BCUT2D eigenvalue weighted by atomic mass is 9.93. The van der Waals surface area contributed by atoms with Gasteiger partial charge in [0.05, 0.1) is 11.7 Å². The molecule has 0 amide bonds. The lowest BCUT2D eigenvalue weighted by Crippen LogP contribution is -2.47. The van der Waals surface area contributed by atoms with E-state index in [0.29, 0.717) is 0 Å². The van der Waals surface area contributed by atoms with E-state index < -0.39 is 0 Å². The standard InChI is InChI=1S/C12H26N2O2/c1-12(2,15-3)8-7-10(14-13)11-6-4-5-9-16-11/h10-11,14H,4-9,13H2,1-3H3. The first-order chi connectivity index (χ1) is 7.59. The molecule has 3 N–H and O–H groups in total. The average Bonchev–Trinajstić information content (AvgIpc) is 2.31. The highest BCUT2D eigenvalue weighted by Gasteiger charge is 2.26. The Hall–Kier alpha value is -0.160. The van der Waals surface area contributed by atoms with Crippen molar-refractivity contribution in [1.29, 1.82) is 0 Å². The molecule has 0 bridgehead atoms. The van der Waals surface area contributed by atoms with Crippen LogP contribution in [0.25, 0.3) is 0 Å². The molecule has 1 fully saturated rings. The summed E-state index contributed by atoms with van der Waals surface area (Å²) >= 11 is 0. The van der Waals surface area contributed by atoms with E-state index in [1.165, 1.54) is 12.8 Å². The van der Waals surface area contributed by atoms with Crippen molar-refractivity contribution in [2.75, 3.05) is 13.7 Å². The molecule has 1 heterocycles. The SMILES string of the molecule is COC(C)(C)CCC(NN)C1CCCCO1. The van der Waals surface area contributed by atoms with E-state index in [9.17, 15) is 0 Å². The maximum atomic E-state index is 5.75. The minimum atomic E-state index is -0.0796. The number of ether oxygens (including phenoxy) is 2. The maximum Gasteiger partial charge on any atom is 0.0741 e. The molecular weight excluding hydrogens is 204 g/mol. The van der Waals surface area contributed by atoms with E-state index in [-0.39, 0.29) is 17.7 Å². The summed E-state index contributed by atoms with van der Waals surface area (Å²) in [5, 5.41) is 0. The fourth-order valence-electron chi connectivity index (χ4n) is 2.06. The third kappa shape index (κ3) is 4.37. The van der Waals surface area contributed by atoms with Crippen molar-refractivity contribution >= 4 is 0 Å². The number of hydrogen-bond acceptors (Lipinski definition) is 4. The van der Waals surface area contributed by atoms with Gasteiger partial charge in [-0.15, -0.1) is 0 Å². The highest BCUT2D eigenvalue weighted by atomic mass is 16.5. The van der Waals surface area contributed by atoms with E-state index in [4.69, 9.17) is 15.3 Å². The molecule has 0 aromatic rings. The minimum absolute atomic E-state index is 0.0796. The molecule has 1 rings (SSSR count). The third-order valence-corrected chi connectivity index (χ3v) is 3.49. The first-order valence-corrected chi connectivity index (χ1v) is 6.22. The van der Waals surface area contributed by atoms with Crippen molar-refractivity contribution in [3.63, 3.8) is 0 Å². The van der Waals surface area contributed by atoms with Crippen molar-refractivity contribution in [2.24, 2.45) is 5.84 Å². The van der Waals surface area contributed by atoms with Gasteiger partial charge in [0.2, 0.25) is 0 Å². The number of nitrogens with two attached hydrogens (primary N) is 1. The largest absolute Gasteiger partial charge is 0.379 e. The lowest BCUT2D eigenvalue weighted by Gasteiger charge is -2.32. The number of hydrazine groups is 1. The van der Waals surface area contributed by atoms with Crippen LogP contribution in [0, 0.1) is 0 Å². The van der Waals surface area contributed by atoms with Crippen LogP contribution in [0.2, 0.25) is 0 Å². The van der Waals surface area contributed by atoms with Crippen LogP contribution in [-0.4, -0.2) is 31.5 Å². The summed E-state index contributed by atoms with van der Waals surface area (Å²) in [6.07, 6.45) is 5.78. The van der Waals surface area contributed by atoms with Crippen LogP contribution in [0.3, 0.4) is 0 Å². The fraction of sp³-hybridized carbons (Fsp3) is 1.00. The summed E-state index contributed by atoms with van der Waals surface area (Å²) in [6, 6.07) is 0.245. The molecule has 4 nitrogen and oxygen atoms in total. The Morgan fingerprint density at radius 1 is 1.50 bits per heavy atom. The van der Waals surface area contributed by atoms with Crippen molar-refractivity contribution < 1.29 is 9.47 Å². The van der Waals surface area contributed by atoms with Crippen LogP contribution in [-0.2, 0) is 9.47 Å². The molecule has 0 aromatic carbocycles. The fourth-order valence-corrected chi connectivity index (χ4v) is 2.06. The zero-order chi connectivity index (χ0) is 12.0. The lowest BCUT2D eigenvalue weighted by molar-refractivity contribution is -0.0237. The maximum absolute atomic E-state index is 5.75. The molecule has 0 saturated carbocycles. The Bertz CT molecular complexity index is 191. The number of nitrogens with one attached hydrogen (secondary N) is 1. The Kier molecular flexibility index (Phi) is 5.69. The van der Waals surface area contributed by atoms with Gasteiger partial charge in [0.25, 0.3) is 0 Å². The van der Waals surface area contributed by atoms with Crippen LogP contribution in [0.15, 0.2) is 0 Å². The highest BCUT2D eigenvalue weighted by Crippen LogP contribution is 2.22. The van der Waals surface area contributed by atoms with Crippen LogP contribution in [0.1, 0.15) is 46.0 Å². The normalized spacial score (nSPS) is 24.4. The van der Waals surface area contributed by atoms with Gasteiger partial charge in [-0.05, 0) is 46.0 Å². The van der Waals surface area contributed by atoms with Gasteiger partial charge in [-0.2, -0.15) is 0 Å². The zero-order valence-electron chi connectivity index (χ0n) is 10.8. The van der Waals surface area contributed by atoms with Gasteiger partial charge < -0.3 is 9.47 Å². The molecule has 0 aromatic heterocycles. The second-order valence-electron chi connectivity index (χ2n) is 5.18. The van der Waals surface area contributed by atoms with Gasteiger partial charge in [0.1, 0.15) is 0 Å². The number of rotatable bonds is 6. The summed E-state index contributed by atoms with van der Waals surface area (Å²) in [5.41, 5.74) is 2.81. The van der Waals surface area contributed by atoms with E-state index in [1.54, 1.807) is 7.11 Å². The smallest absolute Gasteiger partial charge is 0.0741 e. The van der Waals surface area contributed by atoms with Crippen molar-refractivity contribution in [2.45, 2.75) is 63.7 Å². The van der Waals surface area contributed by atoms with Crippen molar-refractivity contribution in [3.8, 4) is 0 Å². The Balaban J connectivity index is 2.36. The van der Waals surface area contributed by atoms with Gasteiger partial charge in [-0.25, -0.2) is 0 Å². The molecule has 16 heavy (non-hydrogen) atoms. The number of hydrogen-bond donors (Lipinski definition) is 2. The summed E-state index contributed by atoms with van der Waals surface area (Å²) in [5.74, 6) is 5.60. The Morgan fingerprint density at radius 2 is 2.25 bits per heavy atom. The third-order valence-electron chi connectivity index (χ3n) is 3.49. The molecule has 2 unspecified atom stereocenters. The quantitative estimate of drug-likeness (QED) is 0.537. The van der Waals surface area contributed by atoms with E-state index in [1.807, 2.05) is 0 Å². The zero-order valence-corrected chi connectivity index (χ0v) is 10.8. The first kappa shape index (κ1) is 13.9. The average molecular weight is 230 g/mol. The van der Waals surface area contributed by atoms with Crippen molar-refractivity contribution in [3.05, 3.63) is 0 Å². The molecule has 0 spiro atoms. The molecule has 0 radical (unpaired) electrons. The van der Waals surface area contributed by atoms with Crippen LogP contribution in [0.4, 0.5) is 0 Å². The molecule has 1 saturated heterocycles. The van der Waals surface area contributed by atoms with Crippen LogP contribution in [0.5, 0.6) is 0 Å². The summed E-state index contributed by atoms with van der Waals surface area (Å²) in [4.78, 5) is 0. The van der Waals surface area contributed by atoms with E-state index in [0.717, 1.165) is 25.9 Å². The minimum Gasteiger partial charge on any atom is -0.379 e. The summed E-state index contributed by atoms with van der Waals surface area (Å²) in [6.45, 7) is 5.07. The molecule has 96 valence electrons. The monoisotopic (exact) mass is 230 g/mol. The summed E-state index contributed by atoms with van der Waals surface area (Å²) in [7, 11) is 1.75. The second kappa shape index (κ2) is 6.55. The van der Waals surface area contributed by atoms with Crippen molar-refractivity contribution in [1.82, 2.24) is 5.43 Å².